The maximum absolute atomic E-state index is 13.8. The van der Waals surface area contributed by atoms with E-state index in [1.807, 2.05) is 18.2 Å². The highest BCUT2D eigenvalue weighted by molar-refractivity contribution is 6.01. The first kappa shape index (κ1) is 40.9. The molecule has 19 heteroatoms. The quantitative estimate of drug-likeness (QED) is 0.0563. The Kier molecular flexibility index (Phi) is 13.2. The summed E-state index contributed by atoms with van der Waals surface area (Å²) in [7, 11) is 0. The molecule has 0 radical (unpaired) electrons. The van der Waals surface area contributed by atoms with Gasteiger partial charge < -0.3 is 51.2 Å². The van der Waals surface area contributed by atoms with Crippen molar-refractivity contribution in [3.63, 3.8) is 0 Å². The molecule has 0 saturated carbocycles. The Balaban J connectivity index is 1.35. The lowest BCUT2D eigenvalue weighted by Crippen LogP contribution is -2.58. The van der Waals surface area contributed by atoms with Gasteiger partial charge in [0.1, 0.15) is 29.8 Å². The first-order valence-corrected chi connectivity index (χ1v) is 17.7. The van der Waals surface area contributed by atoms with Crippen molar-refractivity contribution in [2.75, 3.05) is 5.32 Å². The molecule has 9 N–H and O–H groups in total. The number of aromatic nitrogens is 3. The molecule has 4 atom stereocenters. The number of hydrogen-bond donors (Lipinski definition) is 9. The van der Waals surface area contributed by atoms with E-state index in [1.165, 1.54) is 37.6 Å². The van der Waals surface area contributed by atoms with E-state index in [0.29, 0.717) is 22.2 Å². The van der Waals surface area contributed by atoms with Gasteiger partial charge in [-0.25, -0.2) is 9.78 Å². The topological polar surface area (TPSA) is 295 Å². The molecule has 57 heavy (non-hydrogen) atoms. The average molecular weight is 785 g/mol. The number of aromatic amines is 2. The fourth-order valence-corrected chi connectivity index (χ4v) is 6.17. The van der Waals surface area contributed by atoms with Gasteiger partial charge in [0.05, 0.1) is 12.7 Å². The third-order valence-corrected chi connectivity index (χ3v) is 8.92. The molecule has 0 fully saturated rings. The van der Waals surface area contributed by atoms with Crippen LogP contribution >= 0.6 is 0 Å². The number of anilines is 1. The SMILES string of the molecule is CC(=O)N[C@H](Cc1c[nH]c2ccccc12)C(=O)N[C@H](CCC(=O)O)C(=O)N[C@H](Cc1cnc[nH]1)C(=O)N[C@@H](CC(=O)O)C(=O)Nc1ccc2c(C)cc(=O)oc2c1. The van der Waals surface area contributed by atoms with Crippen LogP contribution in [0.2, 0.25) is 0 Å². The van der Waals surface area contributed by atoms with Gasteiger partial charge in [0.25, 0.3) is 0 Å². The number of carboxylic acid groups (broad SMARTS) is 2. The second-order valence-corrected chi connectivity index (χ2v) is 13.3. The summed E-state index contributed by atoms with van der Waals surface area (Å²) in [6.07, 6.45) is 2.25. The molecule has 0 spiro atoms. The molecule has 3 heterocycles. The number of carbonyl (C=O) groups excluding carboxylic acids is 5. The minimum absolute atomic E-state index is 0.00781. The lowest BCUT2D eigenvalue weighted by atomic mass is 10.0. The van der Waals surface area contributed by atoms with Crippen molar-refractivity contribution < 1.29 is 48.2 Å². The number of para-hydroxylation sites is 1. The van der Waals surface area contributed by atoms with E-state index in [9.17, 15) is 48.6 Å². The molecule has 0 bridgehead atoms. The van der Waals surface area contributed by atoms with E-state index in [4.69, 9.17) is 4.42 Å². The number of carbonyl (C=O) groups is 7. The Morgan fingerprint density at radius 1 is 0.772 bits per heavy atom. The second-order valence-electron chi connectivity index (χ2n) is 13.3. The second kappa shape index (κ2) is 18.3. The molecule has 5 rings (SSSR count). The summed E-state index contributed by atoms with van der Waals surface area (Å²) in [4.78, 5) is 112. The molecule has 0 aliphatic heterocycles. The molecule has 2 aromatic carbocycles. The van der Waals surface area contributed by atoms with Gasteiger partial charge in [-0.3, -0.25) is 33.6 Å². The van der Waals surface area contributed by atoms with Gasteiger partial charge >= 0.3 is 17.6 Å². The van der Waals surface area contributed by atoms with Crippen molar-refractivity contribution in [1.82, 2.24) is 36.2 Å². The van der Waals surface area contributed by atoms with Crippen LogP contribution in [0, 0.1) is 6.92 Å². The number of fused-ring (bicyclic) bond motifs is 2. The van der Waals surface area contributed by atoms with Crippen molar-refractivity contribution in [2.45, 2.75) is 70.1 Å². The van der Waals surface area contributed by atoms with Crippen LogP contribution in [0.1, 0.15) is 43.0 Å². The van der Waals surface area contributed by atoms with E-state index in [-0.39, 0.29) is 24.1 Å². The van der Waals surface area contributed by atoms with E-state index < -0.39 is 90.5 Å². The van der Waals surface area contributed by atoms with Gasteiger partial charge in [-0.15, -0.1) is 0 Å². The highest BCUT2D eigenvalue weighted by atomic mass is 16.4. The molecule has 0 aliphatic carbocycles. The summed E-state index contributed by atoms with van der Waals surface area (Å²) in [6.45, 7) is 2.91. The van der Waals surface area contributed by atoms with Crippen LogP contribution in [0.25, 0.3) is 21.9 Å². The number of amides is 5. The summed E-state index contributed by atoms with van der Waals surface area (Å²) in [5.41, 5.74) is 2.12. The fraction of sp³-hybridized carbons (Fsp3) is 0.289. The molecule has 19 nitrogen and oxygen atoms in total. The van der Waals surface area contributed by atoms with Crippen LogP contribution in [-0.4, -0.2) is 90.8 Å². The smallest absolute Gasteiger partial charge is 0.336 e. The minimum Gasteiger partial charge on any atom is -0.481 e. The van der Waals surface area contributed by atoms with Gasteiger partial charge in [0.2, 0.25) is 29.5 Å². The molecule has 0 aliphatic rings. The van der Waals surface area contributed by atoms with Gasteiger partial charge in [-0.1, -0.05) is 18.2 Å². The normalized spacial score (nSPS) is 13.2. The molecule has 0 saturated heterocycles. The number of nitrogens with zero attached hydrogens (tertiary/aromatic N) is 1. The monoisotopic (exact) mass is 784 g/mol. The predicted molar refractivity (Wildman–Crippen MR) is 203 cm³/mol. The maximum Gasteiger partial charge on any atom is 0.336 e. The van der Waals surface area contributed by atoms with Crippen molar-refractivity contribution in [3.8, 4) is 0 Å². The van der Waals surface area contributed by atoms with Crippen LogP contribution in [-0.2, 0) is 46.4 Å². The number of aliphatic carboxylic acids is 2. The third kappa shape index (κ3) is 11.1. The summed E-state index contributed by atoms with van der Waals surface area (Å²) in [5, 5.41) is 32.9. The summed E-state index contributed by atoms with van der Waals surface area (Å²) >= 11 is 0. The van der Waals surface area contributed by atoms with Gasteiger partial charge in [-0.05, 0) is 42.7 Å². The highest BCUT2D eigenvalue weighted by Gasteiger charge is 2.33. The third-order valence-electron chi connectivity index (χ3n) is 8.92. The van der Waals surface area contributed by atoms with Crippen molar-refractivity contribution >= 4 is 69.0 Å². The maximum atomic E-state index is 13.8. The molecular weight excluding hydrogens is 744 g/mol. The molecule has 5 aromatic rings. The van der Waals surface area contributed by atoms with Gasteiger partial charge in [-0.2, -0.15) is 0 Å². The number of imidazole rings is 1. The molecule has 3 aromatic heterocycles. The lowest BCUT2D eigenvalue weighted by molar-refractivity contribution is -0.140. The molecule has 5 amide bonds. The van der Waals surface area contributed by atoms with E-state index in [2.05, 4.69) is 41.5 Å². The van der Waals surface area contributed by atoms with Crippen molar-refractivity contribution in [1.29, 1.82) is 0 Å². The summed E-state index contributed by atoms with van der Waals surface area (Å²) in [6, 6.07) is 7.13. The van der Waals surface area contributed by atoms with Gasteiger partial charge in [0.15, 0.2) is 0 Å². The number of aryl methyl sites for hydroxylation is 1. The molecular formula is C38H40N8O11. The fourth-order valence-electron chi connectivity index (χ4n) is 6.17. The highest BCUT2D eigenvalue weighted by Crippen LogP contribution is 2.22. The van der Waals surface area contributed by atoms with Crippen molar-refractivity contribution in [2.24, 2.45) is 0 Å². The summed E-state index contributed by atoms with van der Waals surface area (Å²) in [5.74, 6) is -7.00. The Bertz CT molecular complexity index is 2370. The first-order valence-electron chi connectivity index (χ1n) is 17.7. The largest absolute Gasteiger partial charge is 0.481 e. The number of benzene rings is 2. The molecule has 298 valence electrons. The van der Waals surface area contributed by atoms with Crippen LogP contribution in [0.4, 0.5) is 5.69 Å². The zero-order valence-corrected chi connectivity index (χ0v) is 30.7. The Morgan fingerprint density at radius 3 is 2.14 bits per heavy atom. The number of hydrogen-bond acceptors (Lipinski definition) is 10. The van der Waals surface area contributed by atoms with Crippen LogP contribution < -0.4 is 32.2 Å². The van der Waals surface area contributed by atoms with Gasteiger partial charge in [0, 0.05) is 78.4 Å². The zero-order valence-electron chi connectivity index (χ0n) is 30.7. The van der Waals surface area contributed by atoms with Crippen LogP contribution in [0.15, 0.2) is 76.5 Å². The van der Waals surface area contributed by atoms with Crippen LogP contribution in [0.5, 0.6) is 0 Å². The number of rotatable bonds is 18. The number of nitrogens with one attached hydrogen (secondary N) is 7. The number of carboxylic acids is 2. The Hall–Kier alpha value is -7.31. The standard InChI is InChI=1S/C38H40N8O11/c1-19-11-34(52)57-31-14-22(7-8-24(19)31)43-36(54)30(15-33(50)51)46-38(56)29(13-23-17-39-18-41-23)45-35(53)27(9-10-32(48)49)44-37(55)28(42-20(2)47)12-21-16-40-26-6-4-3-5-25(21)26/h3-8,11,14,16-18,27-30,40H,9-10,12-13,15H2,1-2H3,(H,39,41)(H,42,47)(H,43,54)(H,44,55)(H,45,53)(H,46,56)(H,48,49)(H,50,51)/t27-,28-,29-,30+/m1/s1. The van der Waals surface area contributed by atoms with E-state index in [0.717, 1.165) is 10.9 Å². The predicted octanol–water partition coefficient (Wildman–Crippen LogP) is 1.03. The average Bonchev–Trinajstić information content (AvgIpc) is 3.81. The van der Waals surface area contributed by atoms with E-state index >= 15 is 0 Å². The van der Waals surface area contributed by atoms with E-state index in [1.54, 1.807) is 25.3 Å². The minimum atomic E-state index is -1.68. The summed E-state index contributed by atoms with van der Waals surface area (Å²) < 4.78 is 5.22. The number of H-pyrrole nitrogens is 2. The lowest BCUT2D eigenvalue weighted by Gasteiger charge is -2.26. The zero-order chi connectivity index (χ0) is 41.2. The van der Waals surface area contributed by atoms with Crippen molar-refractivity contribution in [3.05, 3.63) is 94.5 Å². The first-order chi connectivity index (χ1) is 27.2. The Labute approximate surface area is 323 Å². The molecule has 0 unspecified atom stereocenters. The van der Waals surface area contributed by atoms with Crippen LogP contribution in [0.3, 0.4) is 0 Å². The Morgan fingerprint density at radius 2 is 1.46 bits per heavy atom.